The van der Waals surface area contributed by atoms with Gasteiger partial charge < -0.3 is 15.4 Å². The molecule has 9 heteroatoms. The lowest BCUT2D eigenvalue weighted by molar-refractivity contribution is -0.137. The molecule has 1 amide bonds. The fourth-order valence-corrected chi connectivity index (χ4v) is 1.20. The fraction of sp³-hybridized carbons (Fsp3) is 0.455. The first-order chi connectivity index (χ1) is 8.93. The van der Waals surface area contributed by atoms with E-state index in [-0.39, 0.29) is 43.9 Å². The molecule has 0 aliphatic rings. The maximum Gasteiger partial charge on any atom is 0.417 e. The monoisotopic (exact) mass is 313 g/mol. The van der Waals surface area contributed by atoms with Gasteiger partial charge in [0.15, 0.2) is 0 Å². The van der Waals surface area contributed by atoms with Crippen molar-refractivity contribution in [3.63, 3.8) is 0 Å². The van der Waals surface area contributed by atoms with Gasteiger partial charge in [-0.25, -0.2) is 4.98 Å². The summed E-state index contributed by atoms with van der Waals surface area (Å²) in [7, 11) is 1.64. The zero-order valence-corrected chi connectivity index (χ0v) is 11.5. The van der Waals surface area contributed by atoms with Crippen LogP contribution in [0, 0.1) is 0 Å². The van der Waals surface area contributed by atoms with Gasteiger partial charge in [-0.1, -0.05) is 0 Å². The van der Waals surface area contributed by atoms with E-state index in [0.29, 0.717) is 6.20 Å². The third-order valence-electron chi connectivity index (χ3n) is 2.08. The summed E-state index contributed by atoms with van der Waals surface area (Å²) < 4.78 is 41.8. The third-order valence-corrected chi connectivity index (χ3v) is 2.08. The number of alkyl halides is 3. The minimum atomic E-state index is -4.41. The van der Waals surface area contributed by atoms with E-state index in [1.54, 1.807) is 7.05 Å². The molecule has 0 aliphatic heterocycles. The zero-order valence-electron chi connectivity index (χ0n) is 10.7. The number of hydrogen-bond acceptors (Lipinski definition) is 4. The molecule has 1 aromatic heterocycles. The number of nitrogens with zero attached hydrogens (tertiary/aromatic N) is 1. The van der Waals surface area contributed by atoms with Crippen LogP contribution < -0.4 is 15.4 Å². The lowest BCUT2D eigenvalue weighted by Gasteiger charge is -2.08. The van der Waals surface area contributed by atoms with Gasteiger partial charge >= 0.3 is 6.18 Å². The summed E-state index contributed by atoms with van der Waals surface area (Å²) in [6.45, 7) is 0.579. The summed E-state index contributed by atoms with van der Waals surface area (Å²) in [5.74, 6) is -0.109. The number of carbonyl (C=O) groups excluding carboxylic acids is 1. The second-order valence-corrected chi connectivity index (χ2v) is 3.61. The van der Waals surface area contributed by atoms with Crippen molar-refractivity contribution >= 4 is 18.3 Å². The van der Waals surface area contributed by atoms with E-state index in [9.17, 15) is 18.0 Å². The van der Waals surface area contributed by atoms with Crippen molar-refractivity contribution in [1.82, 2.24) is 15.6 Å². The highest BCUT2D eigenvalue weighted by molar-refractivity contribution is 5.85. The van der Waals surface area contributed by atoms with Gasteiger partial charge in [-0.3, -0.25) is 4.79 Å². The predicted octanol–water partition coefficient (Wildman–Crippen LogP) is 1.24. The number of halogens is 4. The molecule has 0 unspecified atom stereocenters. The molecule has 0 saturated heterocycles. The van der Waals surface area contributed by atoms with E-state index in [1.165, 1.54) is 0 Å². The Labute approximate surface area is 120 Å². The first kappa shape index (κ1) is 18.5. The van der Waals surface area contributed by atoms with Crippen LogP contribution >= 0.6 is 12.4 Å². The molecular formula is C11H15ClF3N3O2. The van der Waals surface area contributed by atoms with Crippen LogP contribution in [0.2, 0.25) is 0 Å². The van der Waals surface area contributed by atoms with Crippen LogP contribution in [-0.4, -0.2) is 37.6 Å². The van der Waals surface area contributed by atoms with Crippen molar-refractivity contribution in [3.8, 4) is 5.88 Å². The third kappa shape index (κ3) is 6.58. The van der Waals surface area contributed by atoms with Crippen molar-refractivity contribution in [1.29, 1.82) is 0 Å². The molecule has 0 atom stereocenters. The Kier molecular flexibility index (Phi) is 7.93. The average Bonchev–Trinajstić information content (AvgIpc) is 2.34. The maximum absolute atomic E-state index is 12.3. The largest absolute Gasteiger partial charge is 0.476 e. The first-order valence-electron chi connectivity index (χ1n) is 5.51. The molecular weight excluding hydrogens is 299 g/mol. The summed E-state index contributed by atoms with van der Waals surface area (Å²) in [5, 5.41) is 5.23. The molecule has 0 bridgehead atoms. The van der Waals surface area contributed by atoms with Crippen molar-refractivity contribution in [3.05, 3.63) is 23.9 Å². The lowest BCUT2D eigenvalue weighted by atomic mass is 10.3. The van der Waals surface area contributed by atoms with Gasteiger partial charge in [-0.15, -0.1) is 12.4 Å². The van der Waals surface area contributed by atoms with Crippen LogP contribution in [0.4, 0.5) is 13.2 Å². The SMILES string of the molecule is CNCC(=O)NCCOc1ccc(C(F)(F)F)cn1.Cl. The van der Waals surface area contributed by atoms with E-state index in [4.69, 9.17) is 4.74 Å². The summed E-state index contributed by atoms with van der Waals surface area (Å²) in [5.41, 5.74) is -0.831. The Morgan fingerprint density at radius 2 is 2.10 bits per heavy atom. The number of amides is 1. The predicted molar refractivity (Wildman–Crippen MR) is 68.9 cm³/mol. The van der Waals surface area contributed by atoms with Crippen LogP contribution in [-0.2, 0) is 11.0 Å². The first-order valence-corrected chi connectivity index (χ1v) is 5.51. The van der Waals surface area contributed by atoms with Crippen molar-refractivity contribution in [2.45, 2.75) is 6.18 Å². The minimum absolute atomic E-state index is 0. The Hall–Kier alpha value is -1.54. The smallest absolute Gasteiger partial charge is 0.417 e. The van der Waals surface area contributed by atoms with Crippen LogP contribution in [0.15, 0.2) is 18.3 Å². The molecule has 20 heavy (non-hydrogen) atoms. The van der Waals surface area contributed by atoms with Gasteiger partial charge in [-0.2, -0.15) is 13.2 Å². The Morgan fingerprint density at radius 1 is 1.40 bits per heavy atom. The quantitative estimate of drug-likeness (QED) is 0.776. The van der Waals surface area contributed by atoms with Crippen molar-refractivity contribution in [2.24, 2.45) is 0 Å². The summed E-state index contributed by atoms with van der Waals surface area (Å²) in [6, 6.07) is 2.03. The van der Waals surface area contributed by atoms with E-state index >= 15 is 0 Å². The molecule has 1 rings (SSSR count). The molecule has 0 aromatic carbocycles. The second kappa shape index (κ2) is 8.60. The van der Waals surface area contributed by atoms with E-state index < -0.39 is 11.7 Å². The highest BCUT2D eigenvalue weighted by atomic mass is 35.5. The van der Waals surface area contributed by atoms with Gasteiger partial charge in [0.25, 0.3) is 0 Å². The number of ether oxygens (including phenoxy) is 1. The highest BCUT2D eigenvalue weighted by Gasteiger charge is 2.30. The van der Waals surface area contributed by atoms with Crippen molar-refractivity contribution in [2.75, 3.05) is 26.7 Å². The fourth-order valence-electron chi connectivity index (χ4n) is 1.20. The topological polar surface area (TPSA) is 63.2 Å². The van der Waals surface area contributed by atoms with Gasteiger partial charge in [0.1, 0.15) is 6.61 Å². The Morgan fingerprint density at radius 3 is 2.60 bits per heavy atom. The van der Waals surface area contributed by atoms with Gasteiger partial charge in [-0.05, 0) is 13.1 Å². The summed E-state index contributed by atoms with van der Waals surface area (Å²) >= 11 is 0. The average molecular weight is 314 g/mol. The van der Waals surface area contributed by atoms with Crippen LogP contribution in [0.1, 0.15) is 5.56 Å². The number of hydrogen-bond donors (Lipinski definition) is 2. The number of pyridine rings is 1. The number of nitrogens with one attached hydrogen (secondary N) is 2. The lowest BCUT2D eigenvalue weighted by Crippen LogP contribution is -2.34. The van der Waals surface area contributed by atoms with Crippen LogP contribution in [0.5, 0.6) is 5.88 Å². The molecule has 0 fully saturated rings. The molecule has 0 spiro atoms. The maximum atomic E-state index is 12.3. The van der Waals surface area contributed by atoms with Gasteiger partial charge in [0, 0.05) is 12.3 Å². The minimum Gasteiger partial charge on any atom is -0.476 e. The molecule has 1 aromatic rings. The standard InChI is InChI=1S/C11H14F3N3O2.ClH/c1-15-7-9(18)16-4-5-19-10-3-2-8(6-17-10)11(12,13)14;/h2-3,6,15H,4-5,7H2,1H3,(H,16,18);1H. The molecule has 1 heterocycles. The Bertz CT molecular complexity index is 412. The van der Waals surface area contributed by atoms with E-state index in [1.807, 2.05) is 0 Å². The number of rotatable bonds is 6. The number of carbonyl (C=O) groups is 1. The number of likely N-dealkylation sites (N-methyl/N-ethyl adjacent to an activating group) is 1. The Balaban J connectivity index is 0.00000361. The summed E-state index contributed by atoms with van der Waals surface area (Å²) in [4.78, 5) is 14.6. The van der Waals surface area contributed by atoms with Gasteiger partial charge in [0.2, 0.25) is 11.8 Å². The normalized spacial score (nSPS) is 10.6. The zero-order chi connectivity index (χ0) is 14.3. The number of aromatic nitrogens is 1. The molecule has 5 nitrogen and oxygen atoms in total. The van der Waals surface area contributed by atoms with Crippen LogP contribution in [0.25, 0.3) is 0 Å². The second-order valence-electron chi connectivity index (χ2n) is 3.61. The molecule has 0 radical (unpaired) electrons. The molecule has 2 N–H and O–H groups in total. The van der Waals surface area contributed by atoms with Crippen molar-refractivity contribution < 1.29 is 22.7 Å². The van der Waals surface area contributed by atoms with Crippen LogP contribution in [0.3, 0.4) is 0 Å². The van der Waals surface area contributed by atoms with Gasteiger partial charge in [0.05, 0.1) is 18.7 Å². The molecule has 0 aliphatic carbocycles. The van der Waals surface area contributed by atoms with E-state index in [2.05, 4.69) is 15.6 Å². The van der Waals surface area contributed by atoms with E-state index in [0.717, 1.165) is 12.1 Å². The molecule has 0 saturated carbocycles. The summed E-state index contributed by atoms with van der Waals surface area (Å²) in [6.07, 6.45) is -3.71. The highest BCUT2D eigenvalue weighted by Crippen LogP contribution is 2.29. The molecule has 114 valence electrons.